The predicted molar refractivity (Wildman–Crippen MR) is 144 cm³/mol. The Labute approximate surface area is 219 Å². The fraction of sp³-hybridized carbons (Fsp3) is 0.167. The molecule has 0 bridgehead atoms. The monoisotopic (exact) mass is 513 g/mol. The molecule has 188 valence electrons. The van der Waals surface area contributed by atoms with E-state index in [4.69, 9.17) is 4.42 Å². The fourth-order valence-electron chi connectivity index (χ4n) is 3.95. The average molecular weight is 514 g/mol. The van der Waals surface area contributed by atoms with Crippen LogP contribution in [0.15, 0.2) is 108 Å². The quantitative estimate of drug-likeness (QED) is 0.275. The van der Waals surface area contributed by atoms with Gasteiger partial charge in [0, 0.05) is 23.3 Å². The molecule has 1 aromatic heterocycles. The molecule has 4 aromatic rings. The number of carbonyl (C=O) groups is 3. The summed E-state index contributed by atoms with van der Waals surface area (Å²) in [4.78, 5) is 38.0. The van der Waals surface area contributed by atoms with Crippen LogP contribution in [-0.4, -0.2) is 33.9 Å². The topological polar surface area (TPSA) is 96.6 Å². The highest BCUT2D eigenvalue weighted by Crippen LogP contribution is 2.22. The van der Waals surface area contributed by atoms with E-state index in [1.54, 1.807) is 36.8 Å². The first-order valence-corrected chi connectivity index (χ1v) is 12.9. The molecule has 0 spiro atoms. The number of carbonyl (C=O) groups excluding carboxylic acids is 2. The molecule has 2 atom stereocenters. The third-order valence-electron chi connectivity index (χ3n) is 5.98. The van der Waals surface area contributed by atoms with Gasteiger partial charge in [0.1, 0.15) is 6.04 Å². The number of hydrogen-bond donors (Lipinski definition) is 2. The Morgan fingerprint density at radius 1 is 0.784 bits per heavy atom. The van der Waals surface area contributed by atoms with Crippen molar-refractivity contribution < 1.29 is 23.9 Å². The number of rotatable bonds is 11. The standard InChI is InChI=1S/C30H27NO5S/c32-28(31-27(29(33)34)18-22-11-13-23(14-12-22)25-15-16-36-19-25)26(17-21-7-3-1-4-8-21)20-37-30(35)24-9-5-2-6-10-24/h1-16,19,26-27H,17-18,20H2,(H,31,32)(H,33,34)/t26-,27+/m1/s1. The van der Waals surface area contributed by atoms with E-state index >= 15 is 0 Å². The van der Waals surface area contributed by atoms with Crippen LogP contribution in [0.2, 0.25) is 0 Å². The summed E-state index contributed by atoms with van der Waals surface area (Å²) in [6.45, 7) is 0. The third-order valence-corrected chi connectivity index (χ3v) is 7.05. The lowest BCUT2D eigenvalue weighted by Crippen LogP contribution is -2.46. The summed E-state index contributed by atoms with van der Waals surface area (Å²) in [6, 6.07) is 26.6. The van der Waals surface area contributed by atoms with Gasteiger partial charge in [0.25, 0.3) is 0 Å². The van der Waals surface area contributed by atoms with Gasteiger partial charge < -0.3 is 14.8 Å². The number of carboxylic acid groups (broad SMARTS) is 1. The Hall–Kier alpha value is -4.10. The van der Waals surface area contributed by atoms with Gasteiger partial charge in [-0.3, -0.25) is 9.59 Å². The first kappa shape index (κ1) is 26.0. The summed E-state index contributed by atoms with van der Waals surface area (Å²) in [5.41, 5.74) is 4.18. The molecule has 0 aliphatic heterocycles. The van der Waals surface area contributed by atoms with Crippen LogP contribution >= 0.6 is 11.8 Å². The Bertz CT molecular complexity index is 1310. The molecule has 6 nitrogen and oxygen atoms in total. The second-order valence-electron chi connectivity index (χ2n) is 8.66. The molecule has 7 heteroatoms. The van der Waals surface area contributed by atoms with Gasteiger partial charge in [-0.2, -0.15) is 0 Å². The maximum atomic E-state index is 13.3. The summed E-state index contributed by atoms with van der Waals surface area (Å²) >= 11 is 1.07. The molecular formula is C30H27NO5S. The summed E-state index contributed by atoms with van der Waals surface area (Å²) in [6.07, 6.45) is 3.77. The van der Waals surface area contributed by atoms with Crippen LogP contribution in [0.3, 0.4) is 0 Å². The van der Waals surface area contributed by atoms with Crippen LogP contribution in [0.25, 0.3) is 11.1 Å². The van der Waals surface area contributed by atoms with Crippen molar-refractivity contribution in [1.29, 1.82) is 0 Å². The SMILES string of the molecule is O=C(SC[C@@H](Cc1ccccc1)C(=O)N[C@@H](Cc1ccc(-c2ccoc2)cc1)C(=O)O)c1ccccc1. The zero-order valence-electron chi connectivity index (χ0n) is 20.1. The molecule has 3 aromatic carbocycles. The number of furan rings is 1. The number of thioether (sulfide) groups is 1. The highest BCUT2D eigenvalue weighted by atomic mass is 32.2. The Morgan fingerprint density at radius 3 is 2.05 bits per heavy atom. The number of hydrogen-bond acceptors (Lipinski definition) is 5. The average Bonchev–Trinajstić information content (AvgIpc) is 3.47. The maximum Gasteiger partial charge on any atom is 0.326 e. The maximum absolute atomic E-state index is 13.3. The summed E-state index contributed by atoms with van der Waals surface area (Å²) in [7, 11) is 0. The molecule has 0 aliphatic rings. The number of aliphatic carboxylic acids is 1. The molecule has 0 radical (unpaired) electrons. The van der Waals surface area contributed by atoms with Crippen LogP contribution in [0.4, 0.5) is 0 Å². The summed E-state index contributed by atoms with van der Waals surface area (Å²) < 4.78 is 5.12. The zero-order valence-corrected chi connectivity index (χ0v) is 20.9. The van der Waals surface area contributed by atoms with E-state index in [9.17, 15) is 19.5 Å². The summed E-state index contributed by atoms with van der Waals surface area (Å²) in [5, 5.41) is 12.4. The predicted octanol–water partition coefficient (Wildman–Crippen LogP) is 5.49. The Morgan fingerprint density at radius 2 is 1.43 bits per heavy atom. The Balaban J connectivity index is 1.44. The van der Waals surface area contributed by atoms with Crippen molar-refractivity contribution in [3.8, 4) is 11.1 Å². The van der Waals surface area contributed by atoms with Gasteiger partial charge in [-0.25, -0.2) is 4.79 Å². The van der Waals surface area contributed by atoms with E-state index < -0.39 is 17.9 Å². The third kappa shape index (κ3) is 7.44. The molecular weight excluding hydrogens is 486 g/mol. The molecule has 2 N–H and O–H groups in total. The minimum atomic E-state index is -1.11. The lowest BCUT2D eigenvalue weighted by atomic mass is 9.98. The van der Waals surface area contributed by atoms with Crippen molar-refractivity contribution in [2.24, 2.45) is 5.92 Å². The minimum absolute atomic E-state index is 0.126. The zero-order chi connectivity index (χ0) is 26.0. The normalized spacial score (nSPS) is 12.4. The number of nitrogens with one attached hydrogen (secondary N) is 1. The largest absolute Gasteiger partial charge is 0.480 e. The number of amides is 1. The Kier molecular flexibility index (Phi) is 8.94. The second kappa shape index (κ2) is 12.7. The number of benzene rings is 3. The molecule has 0 saturated carbocycles. The van der Waals surface area contributed by atoms with Gasteiger partial charge in [0.2, 0.25) is 11.0 Å². The van der Waals surface area contributed by atoms with Gasteiger partial charge in [-0.15, -0.1) is 0 Å². The van der Waals surface area contributed by atoms with Crippen LogP contribution in [-0.2, 0) is 22.4 Å². The fourth-order valence-corrected chi connectivity index (χ4v) is 4.87. The second-order valence-corrected chi connectivity index (χ2v) is 9.66. The van der Waals surface area contributed by atoms with Crippen LogP contribution < -0.4 is 5.32 Å². The molecule has 1 amide bonds. The molecule has 0 fully saturated rings. The summed E-state index contributed by atoms with van der Waals surface area (Å²) in [5.74, 6) is -1.84. The van der Waals surface area contributed by atoms with Crippen molar-refractivity contribution in [1.82, 2.24) is 5.32 Å². The lowest BCUT2D eigenvalue weighted by Gasteiger charge is -2.20. The van der Waals surface area contributed by atoms with Crippen LogP contribution in [0.1, 0.15) is 21.5 Å². The van der Waals surface area contributed by atoms with Crippen molar-refractivity contribution in [3.63, 3.8) is 0 Å². The van der Waals surface area contributed by atoms with Gasteiger partial charge in [0.05, 0.1) is 18.4 Å². The first-order chi connectivity index (χ1) is 18.0. The van der Waals surface area contributed by atoms with E-state index in [-0.39, 0.29) is 23.2 Å². The van der Waals surface area contributed by atoms with Gasteiger partial charge in [-0.1, -0.05) is 96.7 Å². The molecule has 1 heterocycles. The molecule has 0 aliphatic carbocycles. The van der Waals surface area contributed by atoms with Gasteiger partial charge >= 0.3 is 5.97 Å². The molecule has 4 rings (SSSR count). The minimum Gasteiger partial charge on any atom is -0.480 e. The lowest BCUT2D eigenvalue weighted by molar-refractivity contribution is -0.142. The molecule has 0 unspecified atom stereocenters. The first-order valence-electron chi connectivity index (χ1n) is 11.9. The van der Waals surface area contributed by atoms with E-state index in [0.717, 1.165) is 34.0 Å². The highest BCUT2D eigenvalue weighted by Gasteiger charge is 2.27. The smallest absolute Gasteiger partial charge is 0.326 e. The van der Waals surface area contributed by atoms with E-state index in [0.29, 0.717) is 12.0 Å². The van der Waals surface area contributed by atoms with Crippen LogP contribution in [0, 0.1) is 5.92 Å². The van der Waals surface area contributed by atoms with Crippen molar-refractivity contribution >= 4 is 28.8 Å². The molecule has 0 saturated heterocycles. The van der Waals surface area contributed by atoms with Crippen molar-refractivity contribution in [2.75, 3.05) is 5.75 Å². The van der Waals surface area contributed by atoms with E-state index in [1.165, 1.54) is 0 Å². The van der Waals surface area contributed by atoms with E-state index in [1.807, 2.05) is 66.7 Å². The van der Waals surface area contributed by atoms with Gasteiger partial charge in [-0.05, 0) is 29.2 Å². The van der Waals surface area contributed by atoms with Crippen molar-refractivity contribution in [3.05, 3.63) is 120 Å². The number of carboxylic acids is 1. The van der Waals surface area contributed by atoms with Crippen molar-refractivity contribution in [2.45, 2.75) is 18.9 Å². The van der Waals surface area contributed by atoms with Crippen LogP contribution in [0.5, 0.6) is 0 Å². The van der Waals surface area contributed by atoms with E-state index in [2.05, 4.69) is 5.32 Å². The highest BCUT2D eigenvalue weighted by molar-refractivity contribution is 8.14. The van der Waals surface area contributed by atoms with Gasteiger partial charge in [0.15, 0.2) is 0 Å². The molecule has 37 heavy (non-hydrogen) atoms.